The predicted molar refractivity (Wildman–Crippen MR) is 111 cm³/mol. The van der Waals surface area contributed by atoms with Crippen molar-refractivity contribution in [2.75, 3.05) is 31.1 Å². The van der Waals surface area contributed by atoms with Crippen molar-refractivity contribution >= 4 is 38.6 Å². The molecule has 1 aliphatic rings. The lowest BCUT2D eigenvalue weighted by molar-refractivity contribution is 0.233. The molecule has 0 bridgehead atoms. The van der Waals surface area contributed by atoms with Gasteiger partial charge in [-0.1, -0.05) is 36.4 Å². The van der Waals surface area contributed by atoms with Crippen molar-refractivity contribution in [3.8, 4) is 0 Å². The zero-order valence-electron chi connectivity index (χ0n) is 14.9. The number of fused-ring (bicyclic) bond motifs is 1. The zero-order valence-corrected chi connectivity index (χ0v) is 15.7. The largest absolute Gasteiger partial charge is 0.369 e. The van der Waals surface area contributed by atoms with E-state index >= 15 is 0 Å². The molecular weight excluding hydrogens is 340 g/mol. The van der Waals surface area contributed by atoms with E-state index in [9.17, 15) is 4.79 Å². The van der Waals surface area contributed by atoms with E-state index in [4.69, 9.17) is 0 Å². The van der Waals surface area contributed by atoms with E-state index in [1.807, 2.05) is 18.2 Å². The first kappa shape index (κ1) is 17.0. The van der Waals surface area contributed by atoms with Gasteiger partial charge in [-0.2, -0.15) is 0 Å². The number of nitrogens with zero attached hydrogens (tertiary/aromatic N) is 2. The van der Waals surface area contributed by atoms with Crippen LogP contribution in [0.5, 0.6) is 0 Å². The van der Waals surface area contributed by atoms with Gasteiger partial charge in [-0.05, 0) is 25.1 Å². The molecular formula is C22H22N2OS. The van der Waals surface area contributed by atoms with Gasteiger partial charge in [-0.3, -0.25) is 4.90 Å². The maximum Gasteiger partial charge on any atom is 0.130 e. The molecule has 1 aliphatic heterocycles. The monoisotopic (exact) mass is 362 g/mol. The number of anilines is 1. The topological polar surface area (TPSA) is 23.6 Å². The third-order valence-corrected chi connectivity index (χ3v) is 6.25. The van der Waals surface area contributed by atoms with Crippen molar-refractivity contribution < 1.29 is 4.79 Å². The molecule has 0 aliphatic carbocycles. The second kappa shape index (κ2) is 7.46. The first-order chi connectivity index (χ1) is 12.8. The molecule has 3 nitrogen and oxygen atoms in total. The summed E-state index contributed by atoms with van der Waals surface area (Å²) in [6.07, 6.45) is 0. The summed E-state index contributed by atoms with van der Waals surface area (Å²) in [6, 6.07) is 18.9. The van der Waals surface area contributed by atoms with Crippen molar-refractivity contribution in [1.29, 1.82) is 0 Å². The molecule has 2 heterocycles. The summed E-state index contributed by atoms with van der Waals surface area (Å²) in [5.74, 6) is 2.25. The number of benzene rings is 2. The Morgan fingerprint density at radius 3 is 2.42 bits per heavy atom. The molecule has 1 saturated heterocycles. The number of thiophene rings is 1. The Bertz CT molecular complexity index is 935. The Kier molecular flexibility index (Phi) is 4.89. The Balaban J connectivity index is 1.50. The summed E-state index contributed by atoms with van der Waals surface area (Å²) >= 11 is 1.69. The van der Waals surface area contributed by atoms with Crippen molar-refractivity contribution in [2.45, 2.75) is 13.0 Å². The summed E-state index contributed by atoms with van der Waals surface area (Å²) < 4.78 is 1.22. The maximum absolute atomic E-state index is 11.8. The first-order valence-corrected chi connectivity index (χ1v) is 9.91. The van der Waals surface area contributed by atoms with Gasteiger partial charge in [-0.25, -0.2) is 4.79 Å². The van der Waals surface area contributed by atoms with Crippen molar-refractivity contribution in [3.63, 3.8) is 0 Å². The van der Waals surface area contributed by atoms with Crippen LogP contribution in [0.4, 0.5) is 5.69 Å². The van der Waals surface area contributed by atoms with Gasteiger partial charge in [0.1, 0.15) is 5.94 Å². The van der Waals surface area contributed by atoms with E-state index in [0.717, 1.165) is 42.7 Å². The molecule has 26 heavy (non-hydrogen) atoms. The van der Waals surface area contributed by atoms with Crippen LogP contribution in [-0.4, -0.2) is 43.1 Å². The number of hydrogen-bond acceptors (Lipinski definition) is 4. The normalized spacial score (nSPS) is 16.4. The number of rotatable bonds is 4. The Hall–Kier alpha value is -2.39. The van der Waals surface area contributed by atoms with Crippen LogP contribution in [0, 0.1) is 0 Å². The van der Waals surface area contributed by atoms with Crippen molar-refractivity contribution in [1.82, 2.24) is 4.90 Å². The average Bonchev–Trinajstić information content (AvgIpc) is 3.13. The van der Waals surface area contributed by atoms with Crippen LogP contribution >= 0.6 is 11.3 Å². The summed E-state index contributed by atoms with van der Waals surface area (Å²) in [5.41, 5.74) is 3.09. The third kappa shape index (κ3) is 3.19. The van der Waals surface area contributed by atoms with Crippen LogP contribution < -0.4 is 4.90 Å². The molecule has 0 N–H and O–H groups in total. The molecule has 3 aromatic rings. The first-order valence-electron chi connectivity index (χ1n) is 9.03. The number of carbonyl (C=O) groups excluding carboxylic acids is 1. The zero-order chi connectivity index (χ0) is 17.9. The lowest BCUT2D eigenvalue weighted by Crippen LogP contribution is -2.50. The van der Waals surface area contributed by atoms with E-state index in [0.29, 0.717) is 0 Å². The molecule has 0 saturated carbocycles. The highest BCUT2D eigenvalue weighted by atomic mass is 32.1. The van der Waals surface area contributed by atoms with Gasteiger partial charge in [0.15, 0.2) is 0 Å². The smallest absolute Gasteiger partial charge is 0.130 e. The molecule has 0 spiro atoms. The van der Waals surface area contributed by atoms with E-state index in [2.05, 4.69) is 64.4 Å². The summed E-state index contributed by atoms with van der Waals surface area (Å²) in [5, 5.41) is 3.26. The molecule has 1 atom stereocenters. The maximum atomic E-state index is 11.8. The summed E-state index contributed by atoms with van der Waals surface area (Å²) in [7, 11) is 0. The summed E-state index contributed by atoms with van der Waals surface area (Å²) in [6.45, 7) is 5.98. The van der Waals surface area contributed by atoms with Crippen LogP contribution in [0.1, 0.15) is 12.5 Å². The molecule has 2 aromatic carbocycles. The minimum atomic E-state index is 0.0726. The minimum absolute atomic E-state index is 0.0726. The van der Waals surface area contributed by atoms with Gasteiger partial charge in [0.25, 0.3) is 0 Å². The molecule has 0 amide bonds. The van der Waals surface area contributed by atoms with E-state index in [1.165, 1.54) is 10.4 Å². The van der Waals surface area contributed by atoms with Gasteiger partial charge >= 0.3 is 0 Å². The van der Waals surface area contributed by atoms with Crippen LogP contribution in [0.2, 0.25) is 0 Å². The average molecular weight is 362 g/mol. The van der Waals surface area contributed by atoms with Crippen LogP contribution in [0.3, 0.4) is 0 Å². The van der Waals surface area contributed by atoms with Crippen LogP contribution in [-0.2, 0) is 4.79 Å². The highest BCUT2D eigenvalue weighted by Gasteiger charge is 2.26. The standard InChI is InChI=1S/C22H22N2OS/c1-17(20(15-25)21-16-26-22-10-6-5-9-19(21)22)23-11-13-24(14-12-23)18-7-3-2-4-8-18/h2-10,16-17H,11-14H2,1H3. The molecule has 1 fully saturated rings. The van der Waals surface area contributed by atoms with E-state index < -0.39 is 0 Å². The fourth-order valence-corrected chi connectivity index (χ4v) is 4.70. The second-order valence-electron chi connectivity index (χ2n) is 6.70. The minimum Gasteiger partial charge on any atom is -0.369 e. The third-order valence-electron chi connectivity index (χ3n) is 5.28. The van der Waals surface area contributed by atoms with E-state index in [1.54, 1.807) is 11.3 Å². The van der Waals surface area contributed by atoms with Gasteiger partial charge in [0.2, 0.25) is 0 Å². The van der Waals surface area contributed by atoms with E-state index in [-0.39, 0.29) is 6.04 Å². The van der Waals surface area contributed by atoms with Crippen LogP contribution in [0.15, 0.2) is 60.0 Å². The van der Waals surface area contributed by atoms with Gasteiger partial charge in [-0.15, -0.1) is 11.3 Å². The van der Waals surface area contributed by atoms with Crippen molar-refractivity contribution in [3.05, 3.63) is 65.5 Å². The molecule has 4 heteroatoms. The SMILES string of the molecule is CC(C(=C=O)c1csc2ccccc12)N1CCN(c2ccccc2)CC1. The number of piperazine rings is 1. The highest BCUT2D eigenvalue weighted by Crippen LogP contribution is 2.32. The molecule has 0 radical (unpaired) electrons. The Labute approximate surface area is 158 Å². The van der Waals surface area contributed by atoms with Gasteiger partial charge in [0, 0.05) is 58.9 Å². The number of hydrogen-bond donors (Lipinski definition) is 0. The Morgan fingerprint density at radius 2 is 1.69 bits per heavy atom. The molecule has 132 valence electrons. The molecule has 4 rings (SSSR count). The number of para-hydroxylation sites is 1. The quantitative estimate of drug-likeness (QED) is 0.646. The fourth-order valence-electron chi connectivity index (χ4n) is 3.74. The molecule has 1 unspecified atom stereocenters. The fraction of sp³-hybridized carbons (Fsp3) is 0.273. The van der Waals surface area contributed by atoms with Crippen LogP contribution in [0.25, 0.3) is 15.7 Å². The lowest BCUT2D eigenvalue weighted by Gasteiger charge is -2.39. The Morgan fingerprint density at radius 1 is 1.00 bits per heavy atom. The summed E-state index contributed by atoms with van der Waals surface area (Å²) in [4.78, 5) is 16.6. The predicted octanol–water partition coefficient (Wildman–Crippen LogP) is 4.33. The highest BCUT2D eigenvalue weighted by molar-refractivity contribution is 7.17. The second-order valence-corrected chi connectivity index (χ2v) is 7.61. The lowest BCUT2D eigenvalue weighted by atomic mass is 9.98. The van der Waals surface area contributed by atoms with Gasteiger partial charge < -0.3 is 4.90 Å². The molecule has 1 aromatic heterocycles. The van der Waals surface area contributed by atoms with Gasteiger partial charge in [0.05, 0.1) is 5.57 Å². The van der Waals surface area contributed by atoms with Crippen molar-refractivity contribution in [2.24, 2.45) is 0 Å².